The highest BCUT2D eigenvalue weighted by molar-refractivity contribution is 7.86. The maximum absolute atomic E-state index is 13.1. The Morgan fingerprint density at radius 2 is 1.93 bits per heavy atom. The normalized spacial score (nSPS) is 21.7. The monoisotopic (exact) mass is 404 g/mol. The van der Waals surface area contributed by atoms with E-state index >= 15 is 0 Å². The molecule has 9 nitrogen and oxygen atoms in total. The largest absolute Gasteiger partial charge is 0.379 e. The van der Waals surface area contributed by atoms with Gasteiger partial charge in [-0.1, -0.05) is 6.07 Å². The molecule has 0 aliphatic carbocycles. The molecule has 2 saturated heterocycles. The summed E-state index contributed by atoms with van der Waals surface area (Å²) in [7, 11) is -3.55. The molecule has 2 aromatic heterocycles. The standard InChI is InChI=1S/C18H24N6O3S/c1-14-4-2-6-17(20-14)22-18-13-19-12-15(21-18)16-5-3-7-24(16)28(25,26)23-8-10-27-11-9-23/h2,4,6,12-13,16H,3,5,7-11H2,1H3,(H,20,21,22)/t16-/m1/s1. The number of nitrogens with one attached hydrogen (secondary N) is 1. The molecule has 1 atom stereocenters. The van der Waals surface area contributed by atoms with E-state index in [-0.39, 0.29) is 6.04 Å². The van der Waals surface area contributed by atoms with Crippen molar-refractivity contribution in [2.45, 2.75) is 25.8 Å². The van der Waals surface area contributed by atoms with E-state index < -0.39 is 10.2 Å². The van der Waals surface area contributed by atoms with Gasteiger partial charge in [-0.15, -0.1) is 0 Å². The zero-order valence-electron chi connectivity index (χ0n) is 15.8. The molecule has 2 aliphatic heterocycles. The first-order chi connectivity index (χ1) is 13.5. The number of aryl methyl sites for hydroxylation is 1. The minimum atomic E-state index is -3.55. The van der Waals surface area contributed by atoms with Gasteiger partial charge in [0.1, 0.15) is 11.6 Å². The number of morpholine rings is 1. The summed E-state index contributed by atoms with van der Waals surface area (Å²) in [5.74, 6) is 1.22. The Morgan fingerprint density at radius 1 is 1.11 bits per heavy atom. The molecule has 2 aliphatic rings. The van der Waals surface area contributed by atoms with Crippen LogP contribution in [0.15, 0.2) is 30.6 Å². The van der Waals surface area contributed by atoms with Crippen LogP contribution in [0.2, 0.25) is 0 Å². The van der Waals surface area contributed by atoms with Gasteiger partial charge in [-0.05, 0) is 31.9 Å². The molecule has 2 fully saturated rings. The SMILES string of the molecule is Cc1cccc(Nc2cncc([C@H]3CCCN3S(=O)(=O)N3CCOCC3)n2)n1. The summed E-state index contributed by atoms with van der Waals surface area (Å²) in [6, 6.07) is 5.37. The van der Waals surface area contributed by atoms with Crippen molar-refractivity contribution >= 4 is 21.8 Å². The zero-order valence-corrected chi connectivity index (χ0v) is 16.6. The van der Waals surface area contributed by atoms with Crippen LogP contribution in [0.1, 0.15) is 30.3 Å². The summed E-state index contributed by atoms with van der Waals surface area (Å²) in [6.07, 6.45) is 4.79. The highest BCUT2D eigenvalue weighted by Gasteiger charge is 2.40. The van der Waals surface area contributed by atoms with Crippen LogP contribution in [0.3, 0.4) is 0 Å². The lowest BCUT2D eigenvalue weighted by molar-refractivity contribution is 0.0698. The van der Waals surface area contributed by atoms with E-state index in [9.17, 15) is 8.42 Å². The van der Waals surface area contributed by atoms with Gasteiger partial charge in [0, 0.05) is 25.3 Å². The van der Waals surface area contributed by atoms with E-state index in [0.717, 1.165) is 18.5 Å². The number of anilines is 2. The first-order valence-electron chi connectivity index (χ1n) is 9.41. The third kappa shape index (κ3) is 4.00. The molecule has 0 unspecified atom stereocenters. The van der Waals surface area contributed by atoms with E-state index in [1.165, 1.54) is 4.31 Å². The van der Waals surface area contributed by atoms with Crippen molar-refractivity contribution in [1.82, 2.24) is 23.6 Å². The smallest absolute Gasteiger partial charge is 0.282 e. The lowest BCUT2D eigenvalue weighted by Crippen LogP contribution is -2.48. The Labute approximate surface area is 164 Å². The van der Waals surface area contributed by atoms with Gasteiger partial charge >= 0.3 is 0 Å². The fourth-order valence-corrected chi connectivity index (χ4v) is 5.39. The van der Waals surface area contributed by atoms with Gasteiger partial charge in [-0.25, -0.2) is 9.97 Å². The molecule has 4 heterocycles. The number of ether oxygens (including phenoxy) is 1. The molecule has 10 heteroatoms. The van der Waals surface area contributed by atoms with E-state index in [4.69, 9.17) is 4.74 Å². The highest BCUT2D eigenvalue weighted by atomic mass is 32.2. The Bertz CT molecular complexity index is 932. The quantitative estimate of drug-likeness (QED) is 0.808. The Kier molecular flexibility index (Phi) is 5.54. The molecule has 28 heavy (non-hydrogen) atoms. The van der Waals surface area contributed by atoms with Crippen LogP contribution in [0.4, 0.5) is 11.6 Å². The summed E-state index contributed by atoms with van der Waals surface area (Å²) in [6.45, 7) is 4.04. The number of aromatic nitrogens is 3. The predicted molar refractivity (Wildman–Crippen MR) is 104 cm³/mol. The van der Waals surface area contributed by atoms with Crippen LogP contribution < -0.4 is 5.32 Å². The van der Waals surface area contributed by atoms with Gasteiger partial charge in [0.2, 0.25) is 0 Å². The molecule has 0 bridgehead atoms. The molecule has 4 rings (SSSR count). The maximum Gasteiger partial charge on any atom is 0.282 e. The predicted octanol–water partition coefficient (Wildman–Crippen LogP) is 1.64. The van der Waals surface area contributed by atoms with Crippen molar-refractivity contribution in [3.05, 3.63) is 42.0 Å². The number of rotatable bonds is 5. The van der Waals surface area contributed by atoms with Crippen LogP contribution in [-0.2, 0) is 14.9 Å². The van der Waals surface area contributed by atoms with E-state index in [1.807, 2.05) is 25.1 Å². The molecule has 2 aromatic rings. The van der Waals surface area contributed by atoms with Gasteiger partial charge in [0.05, 0.1) is 37.3 Å². The lowest BCUT2D eigenvalue weighted by atomic mass is 10.2. The number of hydrogen-bond acceptors (Lipinski definition) is 7. The van der Waals surface area contributed by atoms with Crippen LogP contribution in [0.5, 0.6) is 0 Å². The fourth-order valence-electron chi connectivity index (χ4n) is 3.58. The third-order valence-corrected chi connectivity index (χ3v) is 6.98. The minimum Gasteiger partial charge on any atom is -0.379 e. The first kappa shape index (κ1) is 19.2. The molecule has 0 aromatic carbocycles. The van der Waals surface area contributed by atoms with Crippen molar-refractivity contribution in [2.75, 3.05) is 38.2 Å². The molecule has 0 radical (unpaired) electrons. The molecule has 0 spiro atoms. The van der Waals surface area contributed by atoms with Gasteiger partial charge < -0.3 is 10.1 Å². The minimum absolute atomic E-state index is 0.312. The Morgan fingerprint density at radius 3 is 2.71 bits per heavy atom. The molecular weight excluding hydrogens is 380 g/mol. The summed E-state index contributed by atoms with van der Waals surface area (Å²) < 4.78 is 34.6. The van der Waals surface area contributed by atoms with E-state index in [1.54, 1.807) is 16.7 Å². The molecular formula is C18H24N6O3S. The second kappa shape index (κ2) is 8.08. The second-order valence-corrected chi connectivity index (χ2v) is 8.79. The van der Waals surface area contributed by atoms with Crippen LogP contribution >= 0.6 is 0 Å². The average molecular weight is 404 g/mol. The van der Waals surface area contributed by atoms with Gasteiger partial charge in [-0.2, -0.15) is 17.0 Å². The number of nitrogens with zero attached hydrogens (tertiary/aromatic N) is 5. The van der Waals surface area contributed by atoms with Crippen LogP contribution in [0.25, 0.3) is 0 Å². The fraction of sp³-hybridized carbons (Fsp3) is 0.500. The highest BCUT2D eigenvalue weighted by Crippen LogP contribution is 2.34. The van der Waals surface area contributed by atoms with E-state index in [0.29, 0.717) is 50.2 Å². The first-order valence-corrected chi connectivity index (χ1v) is 10.8. The molecule has 0 amide bonds. The number of pyridine rings is 1. The van der Waals surface area contributed by atoms with Gasteiger partial charge in [0.25, 0.3) is 10.2 Å². The van der Waals surface area contributed by atoms with Crippen LogP contribution in [0, 0.1) is 6.92 Å². The van der Waals surface area contributed by atoms with Crippen molar-refractivity contribution in [1.29, 1.82) is 0 Å². The number of hydrogen-bond donors (Lipinski definition) is 1. The molecule has 150 valence electrons. The average Bonchev–Trinajstić information content (AvgIpc) is 3.20. The van der Waals surface area contributed by atoms with Crippen molar-refractivity contribution in [3.63, 3.8) is 0 Å². The summed E-state index contributed by atoms with van der Waals surface area (Å²) in [5, 5.41) is 3.15. The lowest BCUT2D eigenvalue weighted by Gasteiger charge is -2.32. The topological polar surface area (TPSA) is 101 Å². The molecule has 1 N–H and O–H groups in total. The third-order valence-electron chi connectivity index (χ3n) is 4.94. The van der Waals surface area contributed by atoms with Crippen LogP contribution in [-0.4, -0.2) is 64.8 Å². The van der Waals surface area contributed by atoms with Crippen molar-refractivity contribution in [3.8, 4) is 0 Å². The van der Waals surface area contributed by atoms with Crippen molar-refractivity contribution in [2.24, 2.45) is 0 Å². The zero-order chi connectivity index (χ0) is 19.6. The summed E-state index contributed by atoms with van der Waals surface area (Å²) in [5.41, 5.74) is 1.54. The second-order valence-electron chi connectivity index (χ2n) is 6.91. The molecule has 0 saturated carbocycles. The Balaban J connectivity index is 1.56. The summed E-state index contributed by atoms with van der Waals surface area (Å²) >= 11 is 0. The maximum atomic E-state index is 13.1. The van der Waals surface area contributed by atoms with Gasteiger partial charge in [0.15, 0.2) is 0 Å². The summed E-state index contributed by atoms with van der Waals surface area (Å²) in [4.78, 5) is 13.3. The van der Waals surface area contributed by atoms with Crippen molar-refractivity contribution < 1.29 is 13.2 Å². The van der Waals surface area contributed by atoms with E-state index in [2.05, 4.69) is 20.3 Å². The van der Waals surface area contributed by atoms with Gasteiger partial charge in [-0.3, -0.25) is 4.98 Å². The Hall–Kier alpha value is -2.14.